The van der Waals surface area contributed by atoms with Gasteiger partial charge < -0.3 is 15.7 Å². The summed E-state index contributed by atoms with van der Waals surface area (Å²) in [5.74, 6) is -0.879. The molecule has 3 aromatic rings. The van der Waals surface area contributed by atoms with Gasteiger partial charge in [-0.1, -0.05) is 78.9 Å². The molecule has 0 spiro atoms. The molecule has 27 heavy (non-hydrogen) atoms. The van der Waals surface area contributed by atoms with Crippen LogP contribution in [0.25, 0.3) is 0 Å². The highest BCUT2D eigenvalue weighted by Crippen LogP contribution is 1.98. The summed E-state index contributed by atoms with van der Waals surface area (Å²) in [7, 11) is 0. The van der Waals surface area contributed by atoms with Crippen LogP contribution in [0.2, 0.25) is 0 Å². The van der Waals surface area contributed by atoms with Gasteiger partial charge in [0.25, 0.3) is 0 Å². The molecule has 0 amide bonds. The lowest BCUT2D eigenvalue weighted by Gasteiger charge is -2.06. The molecule has 0 aliphatic carbocycles. The first-order valence-corrected chi connectivity index (χ1v) is 9.03. The van der Waals surface area contributed by atoms with E-state index in [0.717, 1.165) is 26.2 Å². The standard InChI is InChI=1S/C16H20N2.C7H6O2/c1-3-7-15(8-4-1)13-17-11-12-18-14-16-9-5-2-6-10-16;8-7(9)6-4-2-1-3-5-6/h1-10,17-18H,11-14H2;1-5H,(H,8,9). The average molecular weight is 362 g/mol. The SMILES string of the molecule is O=C(O)c1ccccc1.c1ccc(CNCCNCc2ccccc2)cc1. The van der Waals surface area contributed by atoms with Crippen LogP contribution in [0.4, 0.5) is 0 Å². The molecule has 0 radical (unpaired) electrons. The Balaban J connectivity index is 0.000000244. The summed E-state index contributed by atoms with van der Waals surface area (Å²) in [6, 6.07) is 29.3. The van der Waals surface area contributed by atoms with Crippen molar-refractivity contribution < 1.29 is 9.90 Å². The number of aromatic carboxylic acids is 1. The summed E-state index contributed by atoms with van der Waals surface area (Å²) < 4.78 is 0. The zero-order valence-corrected chi connectivity index (χ0v) is 15.3. The minimum absolute atomic E-state index is 0.331. The van der Waals surface area contributed by atoms with Crippen molar-refractivity contribution in [1.29, 1.82) is 0 Å². The van der Waals surface area contributed by atoms with Crippen LogP contribution in [0.3, 0.4) is 0 Å². The number of carbonyl (C=O) groups is 1. The third kappa shape index (κ3) is 8.81. The molecule has 4 heteroatoms. The van der Waals surface area contributed by atoms with E-state index in [9.17, 15) is 4.79 Å². The molecule has 3 aromatic carbocycles. The number of carboxylic acids is 1. The van der Waals surface area contributed by atoms with Gasteiger partial charge in [0.2, 0.25) is 0 Å². The maximum atomic E-state index is 10.2. The van der Waals surface area contributed by atoms with Gasteiger partial charge in [-0.15, -0.1) is 0 Å². The zero-order chi connectivity index (χ0) is 19.2. The third-order valence-corrected chi connectivity index (χ3v) is 3.84. The summed E-state index contributed by atoms with van der Waals surface area (Å²) in [6.07, 6.45) is 0. The third-order valence-electron chi connectivity index (χ3n) is 3.84. The molecule has 0 saturated carbocycles. The van der Waals surface area contributed by atoms with Crippen LogP contribution in [0.5, 0.6) is 0 Å². The highest BCUT2D eigenvalue weighted by molar-refractivity contribution is 5.87. The van der Waals surface area contributed by atoms with Crippen LogP contribution in [0, 0.1) is 0 Å². The topological polar surface area (TPSA) is 61.4 Å². The maximum Gasteiger partial charge on any atom is 0.335 e. The first-order valence-electron chi connectivity index (χ1n) is 9.03. The lowest BCUT2D eigenvalue weighted by atomic mass is 10.2. The molecule has 0 aromatic heterocycles. The zero-order valence-electron chi connectivity index (χ0n) is 15.3. The van der Waals surface area contributed by atoms with E-state index in [1.165, 1.54) is 11.1 Å². The first kappa shape index (κ1) is 20.4. The van der Waals surface area contributed by atoms with Gasteiger partial charge in [-0.25, -0.2) is 4.79 Å². The van der Waals surface area contributed by atoms with E-state index in [4.69, 9.17) is 5.11 Å². The quantitative estimate of drug-likeness (QED) is 0.531. The summed E-state index contributed by atoms with van der Waals surface area (Å²) in [4.78, 5) is 10.2. The number of hydrogen-bond donors (Lipinski definition) is 3. The van der Waals surface area contributed by atoms with E-state index in [-0.39, 0.29) is 0 Å². The Kier molecular flexibility index (Phi) is 9.36. The van der Waals surface area contributed by atoms with Gasteiger partial charge in [0.15, 0.2) is 0 Å². The fourth-order valence-corrected chi connectivity index (χ4v) is 2.41. The monoisotopic (exact) mass is 362 g/mol. The predicted octanol–water partition coefficient (Wildman–Crippen LogP) is 3.95. The van der Waals surface area contributed by atoms with Gasteiger partial charge in [0.1, 0.15) is 0 Å². The van der Waals surface area contributed by atoms with E-state index in [0.29, 0.717) is 5.56 Å². The minimum atomic E-state index is -0.879. The van der Waals surface area contributed by atoms with E-state index in [1.807, 2.05) is 12.1 Å². The fraction of sp³-hybridized carbons (Fsp3) is 0.174. The summed E-state index contributed by atoms with van der Waals surface area (Å²) in [5.41, 5.74) is 3.00. The molecule has 3 N–H and O–H groups in total. The Bertz CT molecular complexity index is 719. The molecule has 0 atom stereocenters. The normalized spacial score (nSPS) is 9.93. The summed E-state index contributed by atoms with van der Waals surface area (Å²) >= 11 is 0. The highest BCUT2D eigenvalue weighted by atomic mass is 16.4. The average Bonchev–Trinajstić information content (AvgIpc) is 2.73. The van der Waals surface area contributed by atoms with Crippen molar-refractivity contribution in [2.45, 2.75) is 13.1 Å². The van der Waals surface area contributed by atoms with E-state index in [1.54, 1.807) is 30.3 Å². The number of rotatable bonds is 8. The second kappa shape index (κ2) is 12.4. The van der Waals surface area contributed by atoms with E-state index < -0.39 is 5.97 Å². The molecule has 0 bridgehead atoms. The largest absolute Gasteiger partial charge is 0.478 e. The Morgan fingerprint density at radius 3 is 1.33 bits per heavy atom. The Labute approximate surface area is 160 Å². The van der Waals surface area contributed by atoms with Crippen molar-refractivity contribution in [3.63, 3.8) is 0 Å². The molecule has 0 aliphatic rings. The van der Waals surface area contributed by atoms with Crippen molar-refractivity contribution in [2.75, 3.05) is 13.1 Å². The van der Waals surface area contributed by atoms with E-state index >= 15 is 0 Å². The van der Waals surface area contributed by atoms with Crippen LogP contribution in [0.1, 0.15) is 21.5 Å². The van der Waals surface area contributed by atoms with Crippen LogP contribution < -0.4 is 10.6 Å². The van der Waals surface area contributed by atoms with Gasteiger partial charge in [0, 0.05) is 26.2 Å². The summed E-state index contributed by atoms with van der Waals surface area (Å²) in [5, 5.41) is 15.2. The van der Waals surface area contributed by atoms with Crippen molar-refractivity contribution in [3.05, 3.63) is 108 Å². The molecule has 0 heterocycles. The van der Waals surface area contributed by atoms with Gasteiger partial charge in [-0.05, 0) is 23.3 Å². The molecule has 3 rings (SSSR count). The Hall–Kier alpha value is -2.95. The predicted molar refractivity (Wildman–Crippen MR) is 110 cm³/mol. The molecular formula is C23H26N2O2. The second-order valence-corrected chi connectivity index (χ2v) is 6.00. The molecule has 0 unspecified atom stereocenters. The maximum absolute atomic E-state index is 10.2. The number of carboxylic acid groups (broad SMARTS) is 1. The Morgan fingerprint density at radius 2 is 1.00 bits per heavy atom. The molecule has 140 valence electrons. The molecule has 4 nitrogen and oxygen atoms in total. The highest BCUT2D eigenvalue weighted by Gasteiger charge is 1.96. The van der Waals surface area contributed by atoms with Crippen molar-refractivity contribution in [1.82, 2.24) is 10.6 Å². The van der Waals surface area contributed by atoms with Crippen molar-refractivity contribution in [3.8, 4) is 0 Å². The van der Waals surface area contributed by atoms with Gasteiger partial charge in [-0.3, -0.25) is 0 Å². The van der Waals surface area contributed by atoms with Crippen molar-refractivity contribution in [2.24, 2.45) is 0 Å². The second-order valence-electron chi connectivity index (χ2n) is 6.00. The minimum Gasteiger partial charge on any atom is -0.478 e. The first-order chi connectivity index (χ1) is 13.3. The number of nitrogens with one attached hydrogen (secondary N) is 2. The van der Waals surface area contributed by atoms with Gasteiger partial charge in [0.05, 0.1) is 5.56 Å². The smallest absolute Gasteiger partial charge is 0.335 e. The van der Waals surface area contributed by atoms with Gasteiger partial charge in [-0.2, -0.15) is 0 Å². The summed E-state index contributed by atoms with van der Waals surface area (Å²) in [6.45, 7) is 3.85. The van der Waals surface area contributed by atoms with Crippen LogP contribution >= 0.6 is 0 Å². The van der Waals surface area contributed by atoms with Crippen LogP contribution in [-0.4, -0.2) is 24.2 Å². The van der Waals surface area contributed by atoms with E-state index in [2.05, 4.69) is 59.2 Å². The molecule has 0 fully saturated rings. The van der Waals surface area contributed by atoms with Crippen molar-refractivity contribution >= 4 is 5.97 Å². The fourth-order valence-electron chi connectivity index (χ4n) is 2.41. The number of hydrogen-bond acceptors (Lipinski definition) is 3. The lowest BCUT2D eigenvalue weighted by Crippen LogP contribution is -2.26. The molecule has 0 aliphatic heterocycles. The van der Waals surface area contributed by atoms with Crippen LogP contribution in [-0.2, 0) is 13.1 Å². The lowest BCUT2D eigenvalue weighted by molar-refractivity contribution is 0.0697. The molecule has 0 saturated heterocycles. The Morgan fingerprint density at radius 1 is 0.630 bits per heavy atom. The van der Waals surface area contributed by atoms with Gasteiger partial charge >= 0.3 is 5.97 Å². The number of benzene rings is 3. The molecular weight excluding hydrogens is 336 g/mol. The van der Waals surface area contributed by atoms with Crippen LogP contribution in [0.15, 0.2) is 91.0 Å².